The lowest BCUT2D eigenvalue weighted by atomic mass is 10.1. The zero-order chi connectivity index (χ0) is 23.7. The van der Waals surface area contributed by atoms with E-state index < -0.39 is 0 Å². The number of aromatic nitrogens is 2. The fraction of sp³-hybridized carbons (Fsp3) is 0.478. The number of carbonyl (C=O) groups excluding carboxylic acids is 2. The molecular weight excluding hydrogens is 424 g/mol. The van der Waals surface area contributed by atoms with Crippen LogP contribution in [0, 0.1) is 6.92 Å². The molecule has 2 N–H and O–H groups in total. The number of anilines is 3. The Hall–Kier alpha value is -2.81. The molecule has 0 aliphatic heterocycles. The molecule has 0 atom stereocenters. The molecule has 8 nitrogen and oxygen atoms in total. The topological polar surface area (TPSA) is 95.7 Å². The van der Waals surface area contributed by atoms with E-state index in [4.69, 9.17) is 5.73 Å². The Labute approximate surface area is 195 Å². The third kappa shape index (κ3) is 6.59. The average Bonchev–Trinajstić information content (AvgIpc) is 2.79. The first-order chi connectivity index (χ1) is 15.3. The standard InChI is InChI=1S/C23H34N6O2S/c1-6-8-13-27(4)23(31)28(5)19-20(24)25-22(32-14-7-2)26-21(19)29(16-30)15-18-11-9-17(3)10-12-18/h9-12,16H,6-8,13-15H2,1-5H3,(H2,24,25,26). The van der Waals surface area contributed by atoms with E-state index in [1.54, 1.807) is 19.0 Å². The molecule has 0 fully saturated rings. The lowest BCUT2D eigenvalue weighted by molar-refractivity contribution is -0.107. The summed E-state index contributed by atoms with van der Waals surface area (Å²) in [5.41, 5.74) is 8.73. The lowest BCUT2D eigenvalue weighted by Crippen LogP contribution is -2.40. The highest BCUT2D eigenvalue weighted by atomic mass is 32.2. The van der Waals surface area contributed by atoms with E-state index in [2.05, 4.69) is 23.8 Å². The van der Waals surface area contributed by atoms with Crippen LogP contribution in [-0.2, 0) is 11.3 Å². The molecule has 2 aromatic rings. The number of nitrogen functional groups attached to an aromatic ring is 1. The van der Waals surface area contributed by atoms with Crippen LogP contribution >= 0.6 is 11.8 Å². The molecule has 1 heterocycles. The number of nitrogens with zero attached hydrogens (tertiary/aromatic N) is 5. The van der Waals surface area contributed by atoms with Gasteiger partial charge in [-0.25, -0.2) is 14.8 Å². The predicted octanol–water partition coefficient (Wildman–Crippen LogP) is 4.32. The number of urea groups is 1. The molecular formula is C23H34N6O2S. The summed E-state index contributed by atoms with van der Waals surface area (Å²) in [4.78, 5) is 38.8. The molecule has 0 radical (unpaired) electrons. The molecule has 1 aromatic heterocycles. The van der Waals surface area contributed by atoms with Crippen LogP contribution < -0.4 is 15.5 Å². The maximum absolute atomic E-state index is 13.0. The zero-order valence-electron chi connectivity index (χ0n) is 19.7. The van der Waals surface area contributed by atoms with Gasteiger partial charge in [-0.05, 0) is 25.3 Å². The Balaban J connectivity index is 2.48. The van der Waals surface area contributed by atoms with Gasteiger partial charge in [-0.3, -0.25) is 14.6 Å². The van der Waals surface area contributed by atoms with E-state index in [-0.39, 0.29) is 11.8 Å². The fourth-order valence-corrected chi connectivity index (χ4v) is 3.81. The van der Waals surface area contributed by atoms with Crippen LogP contribution in [-0.4, -0.2) is 53.7 Å². The van der Waals surface area contributed by atoms with Gasteiger partial charge in [0.05, 0.1) is 6.54 Å². The lowest BCUT2D eigenvalue weighted by Gasteiger charge is -2.29. The summed E-state index contributed by atoms with van der Waals surface area (Å²) < 4.78 is 0. The van der Waals surface area contributed by atoms with E-state index >= 15 is 0 Å². The molecule has 3 amide bonds. The first kappa shape index (κ1) is 25.5. The molecule has 0 bridgehead atoms. The van der Waals surface area contributed by atoms with Crippen LogP contribution in [0.1, 0.15) is 44.2 Å². The second-order valence-corrected chi connectivity index (χ2v) is 8.81. The van der Waals surface area contributed by atoms with Gasteiger partial charge in [-0.15, -0.1) is 0 Å². The Morgan fingerprint density at radius 3 is 2.41 bits per heavy atom. The smallest absolute Gasteiger partial charge is 0.324 e. The van der Waals surface area contributed by atoms with Gasteiger partial charge in [0.25, 0.3) is 0 Å². The summed E-state index contributed by atoms with van der Waals surface area (Å²) in [6.07, 6.45) is 3.55. The first-order valence-corrected chi connectivity index (χ1v) is 11.9. The highest BCUT2D eigenvalue weighted by Gasteiger charge is 2.26. The number of amides is 3. The highest BCUT2D eigenvalue weighted by Crippen LogP contribution is 2.35. The van der Waals surface area contributed by atoms with Gasteiger partial charge < -0.3 is 10.6 Å². The molecule has 1 aromatic carbocycles. The van der Waals surface area contributed by atoms with E-state index in [9.17, 15) is 9.59 Å². The van der Waals surface area contributed by atoms with Crippen molar-refractivity contribution in [1.82, 2.24) is 14.9 Å². The van der Waals surface area contributed by atoms with Crippen LogP contribution in [0.3, 0.4) is 0 Å². The van der Waals surface area contributed by atoms with Crippen LogP contribution in [0.15, 0.2) is 29.4 Å². The van der Waals surface area contributed by atoms with Gasteiger partial charge in [-0.1, -0.05) is 61.9 Å². The van der Waals surface area contributed by atoms with Crippen molar-refractivity contribution in [3.05, 3.63) is 35.4 Å². The molecule has 32 heavy (non-hydrogen) atoms. The van der Waals surface area contributed by atoms with Crippen molar-refractivity contribution in [2.24, 2.45) is 0 Å². The van der Waals surface area contributed by atoms with Crippen LogP contribution in [0.5, 0.6) is 0 Å². The second kappa shape index (κ2) is 12.3. The molecule has 2 rings (SSSR count). The third-order valence-electron chi connectivity index (χ3n) is 4.98. The van der Waals surface area contributed by atoms with Crippen LogP contribution in [0.25, 0.3) is 0 Å². The minimum absolute atomic E-state index is 0.170. The van der Waals surface area contributed by atoms with Gasteiger partial charge in [0, 0.05) is 26.4 Å². The van der Waals surface area contributed by atoms with Crippen molar-refractivity contribution in [2.45, 2.75) is 51.7 Å². The molecule has 0 saturated heterocycles. The molecule has 0 spiro atoms. The van der Waals surface area contributed by atoms with Gasteiger partial charge in [0.15, 0.2) is 16.8 Å². The molecule has 0 aliphatic rings. The minimum Gasteiger partial charge on any atom is -0.382 e. The summed E-state index contributed by atoms with van der Waals surface area (Å²) in [5, 5.41) is 0.485. The van der Waals surface area contributed by atoms with Gasteiger partial charge in [0.1, 0.15) is 5.69 Å². The summed E-state index contributed by atoms with van der Waals surface area (Å²) in [5.74, 6) is 1.32. The van der Waals surface area contributed by atoms with E-state index in [1.807, 2.05) is 31.2 Å². The Kier molecular flexibility index (Phi) is 9.77. The predicted molar refractivity (Wildman–Crippen MR) is 132 cm³/mol. The number of thioether (sulfide) groups is 1. The number of carbonyl (C=O) groups is 2. The number of nitrogens with two attached hydrogens (primary N) is 1. The van der Waals surface area contributed by atoms with Crippen molar-refractivity contribution in [3.63, 3.8) is 0 Å². The van der Waals surface area contributed by atoms with Gasteiger partial charge in [-0.2, -0.15) is 0 Å². The number of rotatable bonds is 11. The Bertz CT molecular complexity index is 906. The Morgan fingerprint density at radius 1 is 1.12 bits per heavy atom. The fourth-order valence-electron chi connectivity index (χ4n) is 3.11. The molecule has 0 saturated carbocycles. The summed E-state index contributed by atoms with van der Waals surface area (Å²) in [6, 6.07) is 7.69. The monoisotopic (exact) mass is 458 g/mol. The normalized spacial score (nSPS) is 10.7. The molecule has 0 unspecified atom stereocenters. The maximum Gasteiger partial charge on any atom is 0.324 e. The van der Waals surface area contributed by atoms with Crippen molar-refractivity contribution < 1.29 is 9.59 Å². The van der Waals surface area contributed by atoms with E-state index in [0.29, 0.717) is 29.8 Å². The maximum atomic E-state index is 13.0. The SMILES string of the molecule is CCCCN(C)C(=O)N(C)c1c(N)nc(SCCC)nc1N(C=O)Cc1ccc(C)cc1. The van der Waals surface area contributed by atoms with Crippen molar-refractivity contribution in [3.8, 4) is 0 Å². The highest BCUT2D eigenvalue weighted by molar-refractivity contribution is 7.99. The van der Waals surface area contributed by atoms with E-state index in [1.165, 1.54) is 21.6 Å². The number of unbranched alkanes of at least 4 members (excludes halogenated alkanes) is 1. The number of aryl methyl sites for hydroxylation is 1. The van der Waals surface area contributed by atoms with Crippen molar-refractivity contribution >= 4 is 41.5 Å². The quantitative estimate of drug-likeness (QED) is 0.306. The van der Waals surface area contributed by atoms with Crippen molar-refractivity contribution in [2.75, 3.05) is 41.9 Å². The average molecular weight is 459 g/mol. The number of hydrogen-bond acceptors (Lipinski definition) is 6. The largest absolute Gasteiger partial charge is 0.382 e. The molecule has 9 heteroatoms. The first-order valence-electron chi connectivity index (χ1n) is 10.9. The van der Waals surface area contributed by atoms with E-state index in [0.717, 1.165) is 42.6 Å². The minimum atomic E-state index is -0.231. The van der Waals surface area contributed by atoms with Crippen LogP contribution in [0.2, 0.25) is 0 Å². The zero-order valence-corrected chi connectivity index (χ0v) is 20.5. The van der Waals surface area contributed by atoms with Crippen molar-refractivity contribution in [1.29, 1.82) is 0 Å². The second-order valence-electron chi connectivity index (χ2n) is 7.75. The molecule has 0 aliphatic carbocycles. The summed E-state index contributed by atoms with van der Waals surface area (Å²) >= 11 is 1.47. The van der Waals surface area contributed by atoms with Crippen LogP contribution in [0.4, 0.5) is 22.1 Å². The summed E-state index contributed by atoms with van der Waals surface area (Å²) in [6.45, 7) is 7.09. The Morgan fingerprint density at radius 2 is 1.81 bits per heavy atom. The summed E-state index contributed by atoms with van der Waals surface area (Å²) in [7, 11) is 3.39. The molecule has 174 valence electrons. The third-order valence-corrected chi connectivity index (χ3v) is 6.03. The van der Waals surface area contributed by atoms with Gasteiger partial charge >= 0.3 is 6.03 Å². The van der Waals surface area contributed by atoms with Gasteiger partial charge in [0.2, 0.25) is 6.41 Å². The number of hydrogen-bond donors (Lipinski definition) is 1. The number of benzene rings is 1.